The zero-order valence-electron chi connectivity index (χ0n) is 11.6. The third-order valence-electron chi connectivity index (χ3n) is 2.63. The summed E-state index contributed by atoms with van der Waals surface area (Å²) < 4.78 is 15.6. The molecule has 0 aliphatic rings. The molecule has 1 aromatic rings. The Morgan fingerprint density at radius 1 is 1.17 bits per heavy atom. The van der Waals surface area contributed by atoms with E-state index < -0.39 is 0 Å². The second kappa shape index (κ2) is 6.28. The van der Waals surface area contributed by atoms with Gasteiger partial charge in [0.05, 0.1) is 26.4 Å². The Hall–Kier alpha value is -1.71. The number of benzene rings is 1. The first-order valence-electron chi connectivity index (χ1n) is 5.98. The lowest BCUT2D eigenvalue weighted by atomic mass is 9.98. The summed E-state index contributed by atoms with van der Waals surface area (Å²) in [6.45, 7) is 6.21. The van der Waals surface area contributed by atoms with Crippen molar-refractivity contribution in [1.82, 2.24) is 0 Å². The lowest BCUT2D eigenvalue weighted by Gasteiger charge is -2.17. The van der Waals surface area contributed by atoms with Gasteiger partial charge in [-0.15, -0.1) is 0 Å². The summed E-state index contributed by atoms with van der Waals surface area (Å²) in [4.78, 5) is 11.7. The quantitative estimate of drug-likeness (QED) is 0.756. The van der Waals surface area contributed by atoms with Gasteiger partial charge in [0.15, 0.2) is 0 Å². The molecule has 100 valence electrons. The normalized spacial score (nSPS) is 10.3. The molecule has 0 aliphatic heterocycles. The van der Waals surface area contributed by atoms with E-state index in [1.807, 2.05) is 13.8 Å². The van der Waals surface area contributed by atoms with Crippen LogP contribution in [0.4, 0.5) is 0 Å². The van der Waals surface area contributed by atoms with Crippen molar-refractivity contribution in [3.63, 3.8) is 0 Å². The van der Waals surface area contributed by atoms with Crippen LogP contribution in [0.2, 0.25) is 0 Å². The second-order valence-corrected chi connectivity index (χ2v) is 4.17. The van der Waals surface area contributed by atoms with Gasteiger partial charge in [0.1, 0.15) is 11.5 Å². The molecule has 0 radical (unpaired) electrons. The van der Waals surface area contributed by atoms with Crippen molar-refractivity contribution in [2.45, 2.75) is 26.7 Å². The van der Waals surface area contributed by atoms with E-state index in [0.29, 0.717) is 23.7 Å². The van der Waals surface area contributed by atoms with Gasteiger partial charge >= 0.3 is 5.97 Å². The largest absolute Gasteiger partial charge is 0.496 e. The zero-order chi connectivity index (χ0) is 13.7. The van der Waals surface area contributed by atoms with Crippen LogP contribution in [-0.4, -0.2) is 26.8 Å². The Bertz CT molecular complexity index is 399. The van der Waals surface area contributed by atoms with Gasteiger partial charge in [-0.1, -0.05) is 13.8 Å². The predicted octanol–water partition coefficient (Wildman–Crippen LogP) is 3.00. The van der Waals surface area contributed by atoms with E-state index in [9.17, 15) is 4.79 Å². The van der Waals surface area contributed by atoms with Crippen molar-refractivity contribution >= 4 is 5.97 Å². The van der Waals surface area contributed by atoms with Crippen LogP contribution in [0.1, 0.15) is 42.6 Å². The molecule has 0 aromatic heterocycles. The molecular weight excluding hydrogens is 232 g/mol. The Balaban J connectivity index is 3.30. The molecule has 1 aromatic carbocycles. The van der Waals surface area contributed by atoms with E-state index >= 15 is 0 Å². The van der Waals surface area contributed by atoms with Crippen LogP contribution in [0.5, 0.6) is 11.5 Å². The molecule has 1 rings (SSSR count). The number of hydrogen-bond donors (Lipinski definition) is 0. The minimum atomic E-state index is -0.371. The summed E-state index contributed by atoms with van der Waals surface area (Å²) in [5.41, 5.74) is 1.39. The predicted molar refractivity (Wildman–Crippen MR) is 69.6 cm³/mol. The number of methoxy groups -OCH3 is 2. The van der Waals surface area contributed by atoms with Crippen LogP contribution in [-0.2, 0) is 4.74 Å². The molecule has 0 bridgehead atoms. The highest BCUT2D eigenvalue weighted by atomic mass is 16.5. The van der Waals surface area contributed by atoms with E-state index in [1.54, 1.807) is 33.3 Å². The Kier molecular flexibility index (Phi) is 5.01. The number of ether oxygens (including phenoxy) is 3. The maximum atomic E-state index is 11.7. The SMILES string of the molecule is CCOC(=O)c1cc(OC)c(C(C)C)c(OC)c1. The van der Waals surface area contributed by atoms with Gasteiger partial charge < -0.3 is 14.2 Å². The molecule has 0 aliphatic carbocycles. The smallest absolute Gasteiger partial charge is 0.338 e. The van der Waals surface area contributed by atoms with E-state index in [-0.39, 0.29) is 11.9 Å². The number of carbonyl (C=O) groups is 1. The van der Waals surface area contributed by atoms with Gasteiger partial charge in [0.25, 0.3) is 0 Å². The van der Waals surface area contributed by atoms with Crippen molar-refractivity contribution < 1.29 is 19.0 Å². The number of esters is 1. The monoisotopic (exact) mass is 252 g/mol. The van der Waals surface area contributed by atoms with Gasteiger partial charge in [0.2, 0.25) is 0 Å². The van der Waals surface area contributed by atoms with Crippen molar-refractivity contribution in [3.8, 4) is 11.5 Å². The van der Waals surface area contributed by atoms with E-state index in [4.69, 9.17) is 14.2 Å². The number of hydrogen-bond acceptors (Lipinski definition) is 4. The second-order valence-electron chi connectivity index (χ2n) is 4.17. The first kappa shape index (κ1) is 14.4. The van der Waals surface area contributed by atoms with E-state index in [1.165, 1.54) is 0 Å². The highest BCUT2D eigenvalue weighted by Crippen LogP contribution is 2.36. The number of rotatable bonds is 5. The van der Waals surface area contributed by atoms with E-state index in [2.05, 4.69) is 0 Å². The molecule has 4 nitrogen and oxygen atoms in total. The molecule has 0 spiro atoms. The fraction of sp³-hybridized carbons (Fsp3) is 0.500. The van der Waals surface area contributed by atoms with Gasteiger partial charge in [-0.05, 0) is 25.0 Å². The summed E-state index contributed by atoms with van der Waals surface area (Å²) in [6, 6.07) is 3.38. The maximum absolute atomic E-state index is 11.7. The van der Waals surface area contributed by atoms with Crippen molar-refractivity contribution in [1.29, 1.82) is 0 Å². The molecule has 0 amide bonds. The molecule has 18 heavy (non-hydrogen) atoms. The van der Waals surface area contributed by atoms with Crippen LogP contribution in [0.15, 0.2) is 12.1 Å². The molecule has 0 atom stereocenters. The van der Waals surface area contributed by atoms with Crippen LogP contribution in [0.3, 0.4) is 0 Å². The first-order valence-corrected chi connectivity index (χ1v) is 5.98. The zero-order valence-corrected chi connectivity index (χ0v) is 11.6. The first-order chi connectivity index (χ1) is 8.54. The van der Waals surface area contributed by atoms with Crippen LogP contribution >= 0.6 is 0 Å². The average molecular weight is 252 g/mol. The van der Waals surface area contributed by atoms with Gasteiger partial charge in [-0.25, -0.2) is 4.79 Å². The lowest BCUT2D eigenvalue weighted by molar-refractivity contribution is 0.0525. The lowest BCUT2D eigenvalue weighted by Crippen LogP contribution is -2.07. The third-order valence-corrected chi connectivity index (χ3v) is 2.63. The molecule has 0 N–H and O–H groups in total. The minimum Gasteiger partial charge on any atom is -0.496 e. The molecule has 0 saturated heterocycles. The number of carbonyl (C=O) groups excluding carboxylic acids is 1. The van der Waals surface area contributed by atoms with Crippen LogP contribution in [0, 0.1) is 0 Å². The minimum absolute atomic E-state index is 0.242. The molecular formula is C14H20O4. The highest BCUT2D eigenvalue weighted by Gasteiger charge is 2.18. The molecule has 4 heteroatoms. The van der Waals surface area contributed by atoms with Gasteiger partial charge in [-0.3, -0.25) is 0 Å². The summed E-state index contributed by atoms with van der Waals surface area (Å²) in [5, 5.41) is 0. The Morgan fingerprint density at radius 2 is 1.67 bits per heavy atom. The van der Waals surface area contributed by atoms with Gasteiger partial charge in [0, 0.05) is 5.56 Å². The third kappa shape index (κ3) is 2.94. The molecule has 0 saturated carbocycles. The standard InChI is InChI=1S/C14H20O4/c1-6-18-14(15)10-7-11(16-4)13(9(2)3)12(8-10)17-5/h7-9H,6H2,1-5H3. The van der Waals surface area contributed by atoms with Crippen LogP contribution in [0.25, 0.3) is 0 Å². The molecule has 0 fully saturated rings. The molecule has 0 unspecified atom stereocenters. The summed E-state index contributed by atoms with van der Waals surface area (Å²) in [5.74, 6) is 1.16. The van der Waals surface area contributed by atoms with Crippen molar-refractivity contribution in [2.24, 2.45) is 0 Å². The fourth-order valence-corrected chi connectivity index (χ4v) is 1.84. The highest BCUT2D eigenvalue weighted by molar-refractivity contribution is 5.90. The van der Waals surface area contributed by atoms with Crippen molar-refractivity contribution in [3.05, 3.63) is 23.3 Å². The summed E-state index contributed by atoms with van der Waals surface area (Å²) in [6.07, 6.45) is 0. The summed E-state index contributed by atoms with van der Waals surface area (Å²) >= 11 is 0. The Morgan fingerprint density at radius 3 is 2.00 bits per heavy atom. The Labute approximate surface area is 108 Å². The molecule has 0 heterocycles. The van der Waals surface area contributed by atoms with Crippen molar-refractivity contribution in [2.75, 3.05) is 20.8 Å². The fourth-order valence-electron chi connectivity index (χ4n) is 1.84. The maximum Gasteiger partial charge on any atom is 0.338 e. The van der Waals surface area contributed by atoms with Crippen LogP contribution < -0.4 is 9.47 Å². The van der Waals surface area contributed by atoms with Gasteiger partial charge in [-0.2, -0.15) is 0 Å². The topological polar surface area (TPSA) is 44.8 Å². The summed E-state index contributed by atoms with van der Waals surface area (Å²) in [7, 11) is 3.16. The average Bonchev–Trinajstić information content (AvgIpc) is 2.36. The van der Waals surface area contributed by atoms with E-state index in [0.717, 1.165) is 5.56 Å².